The number of halogens is 1. The molecule has 1 heterocycles. The first-order valence-corrected chi connectivity index (χ1v) is 6.67. The van der Waals surface area contributed by atoms with E-state index >= 15 is 0 Å². The molecule has 1 aromatic carbocycles. The van der Waals surface area contributed by atoms with Crippen LogP contribution in [-0.4, -0.2) is 13.1 Å². The highest BCUT2D eigenvalue weighted by Gasteiger charge is 2.37. The molecule has 0 amide bonds. The predicted octanol–water partition coefficient (Wildman–Crippen LogP) is 3.73. The van der Waals surface area contributed by atoms with Crippen molar-refractivity contribution < 1.29 is 0 Å². The smallest absolute Gasteiger partial charge is 0.0178 e. The summed E-state index contributed by atoms with van der Waals surface area (Å²) in [4.78, 5) is 0. The van der Waals surface area contributed by atoms with Crippen LogP contribution in [0.5, 0.6) is 0 Å². The summed E-state index contributed by atoms with van der Waals surface area (Å²) in [5, 5.41) is 3.57. The van der Waals surface area contributed by atoms with Crippen LogP contribution < -0.4 is 5.32 Å². The molecular formula is C14H20BrN. The van der Waals surface area contributed by atoms with Crippen molar-refractivity contribution in [3.8, 4) is 0 Å². The Kier molecular flexibility index (Phi) is 3.15. The zero-order valence-electron chi connectivity index (χ0n) is 10.3. The van der Waals surface area contributed by atoms with Gasteiger partial charge in [-0.25, -0.2) is 0 Å². The molecular weight excluding hydrogens is 262 g/mol. The third-order valence-corrected chi connectivity index (χ3v) is 4.00. The molecule has 1 aliphatic heterocycles. The second-order valence-corrected chi connectivity index (χ2v) is 6.93. The van der Waals surface area contributed by atoms with Crippen molar-refractivity contribution >= 4 is 15.9 Å². The average Bonchev–Trinajstić information content (AvgIpc) is 2.15. The lowest BCUT2D eigenvalue weighted by Gasteiger charge is -2.43. The Morgan fingerprint density at radius 3 is 2.56 bits per heavy atom. The standard InChI is InChI=1S/C14H20BrN/c1-13(2)8-14(3,10-16-9-13)11-5-4-6-12(15)7-11/h4-7,16H,8-10H2,1-3H3. The third-order valence-electron chi connectivity index (χ3n) is 3.51. The minimum atomic E-state index is 0.255. The lowest BCUT2D eigenvalue weighted by atomic mass is 9.67. The molecule has 88 valence electrons. The van der Waals surface area contributed by atoms with Gasteiger partial charge in [-0.05, 0) is 29.5 Å². The number of hydrogen-bond acceptors (Lipinski definition) is 1. The number of nitrogens with one attached hydrogen (secondary N) is 1. The van der Waals surface area contributed by atoms with Crippen molar-refractivity contribution in [3.05, 3.63) is 34.3 Å². The van der Waals surface area contributed by atoms with E-state index in [4.69, 9.17) is 0 Å². The van der Waals surface area contributed by atoms with Crippen molar-refractivity contribution in [2.45, 2.75) is 32.6 Å². The van der Waals surface area contributed by atoms with E-state index in [0.717, 1.165) is 13.1 Å². The van der Waals surface area contributed by atoms with Crippen LogP contribution in [0, 0.1) is 5.41 Å². The van der Waals surface area contributed by atoms with Gasteiger partial charge in [-0.15, -0.1) is 0 Å². The first-order valence-electron chi connectivity index (χ1n) is 5.88. The van der Waals surface area contributed by atoms with Crippen molar-refractivity contribution in [2.75, 3.05) is 13.1 Å². The van der Waals surface area contributed by atoms with Crippen LogP contribution in [0.2, 0.25) is 0 Å². The van der Waals surface area contributed by atoms with Gasteiger partial charge >= 0.3 is 0 Å². The van der Waals surface area contributed by atoms with Gasteiger partial charge in [0.1, 0.15) is 0 Å². The monoisotopic (exact) mass is 281 g/mol. The van der Waals surface area contributed by atoms with E-state index in [-0.39, 0.29) is 5.41 Å². The molecule has 16 heavy (non-hydrogen) atoms. The summed E-state index contributed by atoms with van der Waals surface area (Å²) in [7, 11) is 0. The van der Waals surface area contributed by atoms with Gasteiger partial charge in [-0.2, -0.15) is 0 Å². The zero-order chi connectivity index (χ0) is 11.8. The summed E-state index contributed by atoms with van der Waals surface area (Å²) >= 11 is 3.56. The van der Waals surface area contributed by atoms with E-state index in [0.29, 0.717) is 5.41 Å². The van der Waals surface area contributed by atoms with Crippen LogP contribution in [0.25, 0.3) is 0 Å². The van der Waals surface area contributed by atoms with Crippen LogP contribution in [0.4, 0.5) is 0 Å². The quantitative estimate of drug-likeness (QED) is 0.827. The van der Waals surface area contributed by atoms with Gasteiger partial charge < -0.3 is 5.32 Å². The molecule has 1 atom stereocenters. The largest absolute Gasteiger partial charge is 0.315 e. The number of rotatable bonds is 1. The molecule has 0 spiro atoms. The Morgan fingerprint density at radius 1 is 1.19 bits per heavy atom. The summed E-state index contributed by atoms with van der Waals surface area (Å²) < 4.78 is 1.18. The van der Waals surface area contributed by atoms with Crippen LogP contribution in [0.1, 0.15) is 32.8 Å². The second kappa shape index (κ2) is 4.15. The molecule has 1 N–H and O–H groups in total. The summed E-state index contributed by atoms with van der Waals surface area (Å²) in [5.41, 5.74) is 2.07. The van der Waals surface area contributed by atoms with Gasteiger partial charge in [-0.1, -0.05) is 48.8 Å². The average molecular weight is 282 g/mol. The molecule has 1 saturated heterocycles. The van der Waals surface area contributed by atoms with Gasteiger partial charge in [0, 0.05) is 23.0 Å². The Morgan fingerprint density at radius 2 is 1.94 bits per heavy atom. The molecule has 0 aliphatic carbocycles. The van der Waals surface area contributed by atoms with Crippen molar-refractivity contribution in [2.24, 2.45) is 5.41 Å². The van der Waals surface area contributed by atoms with Crippen LogP contribution in [-0.2, 0) is 5.41 Å². The summed E-state index contributed by atoms with van der Waals surface area (Å²) in [6.45, 7) is 9.25. The zero-order valence-corrected chi connectivity index (χ0v) is 11.9. The first-order chi connectivity index (χ1) is 7.41. The maximum Gasteiger partial charge on any atom is 0.0178 e. The van der Waals surface area contributed by atoms with Gasteiger partial charge in [0.15, 0.2) is 0 Å². The highest BCUT2D eigenvalue weighted by atomic mass is 79.9. The number of benzene rings is 1. The van der Waals surface area contributed by atoms with Gasteiger partial charge in [-0.3, -0.25) is 0 Å². The summed E-state index contributed by atoms with van der Waals surface area (Å²) in [5.74, 6) is 0. The molecule has 1 aliphatic rings. The molecule has 2 rings (SSSR count). The van der Waals surface area contributed by atoms with Crippen LogP contribution >= 0.6 is 15.9 Å². The highest BCUT2D eigenvalue weighted by molar-refractivity contribution is 9.10. The van der Waals surface area contributed by atoms with E-state index in [9.17, 15) is 0 Å². The molecule has 0 bridgehead atoms. The predicted molar refractivity (Wildman–Crippen MR) is 72.8 cm³/mol. The lowest BCUT2D eigenvalue weighted by Crippen LogP contribution is -2.49. The van der Waals surface area contributed by atoms with Crippen LogP contribution in [0.3, 0.4) is 0 Å². The molecule has 0 aromatic heterocycles. The van der Waals surface area contributed by atoms with Crippen molar-refractivity contribution in [3.63, 3.8) is 0 Å². The van der Waals surface area contributed by atoms with E-state index in [1.54, 1.807) is 0 Å². The Hall–Kier alpha value is -0.340. The second-order valence-electron chi connectivity index (χ2n) is 6.02. The van der Waals surface area contributed by atoms with Crippen LogP contribution in [0.15, 0.2) is 28.7 Å². The molecule has 0 saturated carbocycles. The first kappa shape index (κ1) is 12.1. The summed E-state index contributed by atoms with van der Waals surface area (Å²) in [6.07, 6.45) is 1.24. The highest BCUT2D eigenvalue weighted by Crippen LogP contribution is 2.39. The number of hydrogen-bond donors (Lipinski definition) is 1. The topological polar surface area (TPSA) is 12.0 Å². The maximum absolute atomic E-state index is 3.57. The summed E-state index contributed by atoms with van der Waals surface area (Å²) in [6, 6.07) is 8.72. The minimum absolute atomic E-state index is 0.255. The lowest BCUT2D eigenvalue weighted by molar-refractivity contribution is 0.180. The van der Waals surface area contributed by atoms with E-state index < -0.39 is 0 Å². The Balaban J connectivity index is 2.31. The Bertz CT molecular complexity index is 386. The van der Waals surface area contributed by atoms with E-state index in [2.05, 4.69) is 66.3 Å². The molecule has 1 unspecified atom stereocenters. The molecule has 1 aromatic rings. The minimum Gasteiger partial charge on any atom is -0.315 e. The molecule has 1 nitrogen and oxygen atoms in total. The van der Waals surface area contributed by atoms with E-state index in [1.165, 1.54) is 16.5 Å². The normalized spacial score (nSPS) is 29.0. The fourth-order valence-electron chi connectivity index (χ4n) is 2.93. The molecule has 2 heteroatoms. The number of piperidine rings is 1. The van der Waals surface area contributed by atoms with E-state index in [1.807, 2.05) is 0 Å². The van der Waals surface area contributed by atoms with Crippen molar-refractivity contribution in [1.82, 2.24) is 5.32 Å². The van der Waals surface area contributed by atoms with Crippen molar-refractivity contribution in [1.29, 1.82) is 0 Å². The maximum atomic E-state index is 3.57. The fraction of sp³-hybridized carbons (Fsp3) is 0.571. The van der Waals surface area contributed by atoms with Gasteiger partial charge in [0.25, 0.3) is 0 Å². The molecule has 1 fully saturated rings. The SMILES string of the molecule is CC1(C)CNCC(C)(c2cccc(Br)c2)C1. The Labute approximate surface area is 107 Å². The van der Waals surface area contributed by atoms with Gasteiger partial charge in [0.05, 0.1) is 0 Å². The molecule has 0 radical (unpaired) electrons. The fourth-order valence-corrected chi connectivity index (χ4v) is 3.33. The van der Waals surface area contributed by atoms with Gasteiger partial charge in [0.2, 0.25) is 0 Å². The third kappa shape index (κ3) is 2.49.